The van der Waals surface area contributed by atoms with Gasteiger partial charge in [-0.2, -0.15) is 5.26 Å². The number of nitrogens with zero attached hydrogens (tertiary/aromatic N) is 1. The van der Waals surface area contributed by atoms with Crippen molar-refractivity contribution in [2.24, 2.45) is 0 Å². The van der Waals surface area contributed by atoms with E-state index in [4.69, 9.17) is 5.26 Å². The second-order valence-corrected chi connectivity index (χ2v) is 6.09. The van der Waals surface area contributed by atoms with E-state index in [1.54, 1.807) is 19.1 Å². The lowest BCUT2D eigenvalue weighted by Crippen LogP contribution is -2.23. The molecular weight excluding hydrogens is 336 g/mol. The van der Waals surface area contributed by atoms with Crippen LogP contribution in [0.5, 0.6) is 0 Å². The molecule has 0 fully saturated rings. The lowest BCUT2D eigenvalue weighted by Gasteiger charge is -2.06. The van der Waals surface area contributed by atoms with E-state index in [1.165, 1.54) is 18.2 Å². The van der Waals surface area contributed by atoms with E-state index >= 15 is 0 Å². The first-order chi connectivity index (χ1) is 12.5. The fraction of sp³-hybridized carbons (Fsp3) is 0.200. The van der Waals surface area contributed by atoms with Crippen molar-refractivity contribution in [2.75, 3.05) is 6.54 Å². The third kappa shape index (κ3) is 3.57. The van der Waals surface area contributed by atoms with Crippen molar-refractivity contribution in [1.29, 1.82) is 5.26 Å². The van der Waals surface area contributed by atoms with Gasteiger partial charge in [-0.3, -0.25) is 4.79 Å². The zero-order valence-corrected chi connectivity index (χ0v) is 14.2. The molecule has 0 unspecified atom stereocenters. The highest BCUT2D eigenvalue weighted by atomic mass is 19.1. The van der Waals surface area contributed by atoms with E-state index in [1.807, 2.05) is 12.1 Å². The molecule has 1 amide bonds. The van der Waals surface area contributed by atoms with E-state index in [0.717, 1.165) is 11.1 Å². The Labute approximate surface area is 149 Å². The molecule has 0 bridgehead atoms. The summed E-state index contributed by atoms with van der Waals surface area (Å²) in [5.41, 5.74) is 3.31. The molecule has 0 aliphatic carbocycles. The predicted octanol–water partition coefficient (Wildman–Crippen LogP) is 3.99. The summed E-state index contributed by atoms with van der Waals surface area (Å²) in [6.07, 6.45) is 0.533. The normalized spacial score (nSPS) is 10.7. The highest BCUT2D eigenvalue weighted by Gasteiger charge is 2.17. The van der Waals surface area contributed by atoms with Crippen LogP contribution < -0.4 is 5.32 Å². The van der Waals surface area contributed by atoms with Crippen molar-refractivity contribution in [1.82, 2.24) is 10.3 Å². The number of fused-ring (bicyclic) bond motifs is 1. The van der Waals surface area contributed by atoms with Crippen LogP contribution in [0.1, 0.15) is 17.5 Å². The fourth-order valence-corrected chi connectivity index (χ4v) is 3.03. The molecule has 0 atom stereocenters. The maximum atomic E-state index is 14.4. The first-order valence-electron chi connectivity index (χ1n) is 8.20. The summed E-state index contributed by atoms with van der Waals surface area (Å²) < 4.78 is 27.6. The Morgan fingerprint density at radius 2 is 1.96 bits per heavy atom. The van der Waals surface area contributed by atoms with Crippen molar-refractivity contribution < 1.29 is 13.6 Å². The highest BCUT2D eigenvalue weighted by molar-refractivity contribution is 5.92. The number of H-pyrrole nitrogens is 1. The third-order valence-corrected chi connectivity index (χ3v) is 4.21. The SMILES string of the molecule is Cc1cc(F)c2[nH]c(-c3ccc(F)cc3)c(CCC(=O)NCC#N)c2c1. The lowest BCUT2D eigenvalue weighted by atomic mass is 10.00. The van der Waals surface area contributed by atoms with Gasteiger partial charge in [0.2, 0.25) is 5.91 Å². The van der Waals surface area contributed by atoms with Gasteiger partial charge in [-0.15, -0.1) is 0 Å². The zero-order valence-electron chi connectivity index (χ0n) is 14.2. The molecule has 0 saturated carbocycles. The second kappa shape index (κ2) is 7.36. The van der Waals surface area contributed by atoms with Crippen LogP contribution in [0.3, 0.4) is 0 Å². The number of benzene rings is 2. The molecule has 132 valence electrons. The number of halogens is 2. The second-order valence-electron chi connectivity index (χ2n) is 6.09. The van der Waals surface area contributed by atoms with Crippen LogP contribution in [0.25, 0.3) is 22.2 Å². The predicted molar refractivity (Wildman–Crippen MR) is 95.3 cm³/mol. The quantitative estimate of drug-likeness (QED) is 0.681. The number of nitrogens with one attached hydrogen (secondary N) is 2. The van der Waals surface area contributed by atoms with Crippen molar-refractivity contribution in [3.63, 3.8) is 0 Å². The zero-order chi connectivity index (χ0) is 18.7. The largest absolute Gasteiger partial charge is 0.352 e. The number of hydrogen-bond acceptors (Lipinski definition) is 2. The van der Waals surface area contributed by atoms with E-state index in [-0.39, 0.29) is 30.5 Å². The Hall–Kier alpha value is -3.20. The number of aryl methyl sites for hydroxylation is 2. The van der Waals surface area contributed by atoms with Crippen molar-refractivity contribution in [3.05, 3.63) is 59.2 Å². The number of aromatic nitrogens is 1. The molecule has 0 aliphatic heterocycles. The summed E-state index contributed by atoms with van der Waals surface area (Å²) in [7, 11) is 0. The summed E-state index contributed by atoms with van der Waals surface area (Å²) in [6, 6.07) is 11.1. The molecule has 0 aliphatic rings. The van der Waals surface area contributed by atoms with Gasteiger partial charge in [-0.1, -0.05) is 0 Å². The first kappa shape index (κ1) is 17.6. The van der Waals surface area contributed by atoms with Crippen molar-refractivity contribution in [2.45, 2.75) is 19.8 Å². The monoisotopic (exact) mass is 353 g/mol. The van der Waals surface area contributed by atoms with Gasteiger partial charge in [0.15, 0.2) is 0 Å². The first-order valence-corrected chi connectivity index (χ1v) is 8.20. The standard InChI is InChI=1S/C20H17F2N3O/c1-12-10-16-15(6-7-18(26)24-9-8-23)19(25-20(16)17(22)11-12)13-2-4-14(21)5-3-13/h2-5,10-11,25H,6-7,9H2,1H3,(H,24,26). The van der Waals surface area contributed by atoms with Gasteiger partial charge < -0.3 is 10.3 Å². The van der Waals surface area contributed by atoms with Crippen LogP contribution >= 0.6 is 0 Å². The Morgan fingerprint density at radius 1 is 1.23 bits per heavy atom. The third-order valence-electron chi connectivity index (χ3n) is 4.21. The summed E-state index contributed by atoms with van der Waals surface area (Å²) in [4.78, 5) is 14.9. The van der Waals surface area contributed by atoms with Crippen LogP contribution in [0.2, 0.25) is 0 Å². The molecule has 0 radical (unpaired) electrons. The van der Waals surface area contributed by atoms with Crippen molar-refractivity contribution >= 4 is 16.8 Å². The molecule has 4 nitrogen and oxygen atoms in total. The van der Waals surface area contributed by atoms with Crippen LogP contribution in [0, 0.1) is 29.9 Å². The topological polar surface area (TPSA) is 68.7 Å². The van der Waals surface area contributed by atoms with E-state index in [9.17, 15) is 13.6 Å². The van der Waals surface area contributed by atoms with Gasteiger partial charge in [-0.05, 0) is 66.4 Å². The lowest BCUT2D eigenvalue weighted by molar-refractivity contribution is -0.120. The van der Waals surface area contributed by atoms with Gasteiger partial charge in [0.1, 0.15) is 18.2 Å². The molecule has 2 N–H and O–H groups in total. The number of aromatic amines is 1. The van der Waals surface area contributed by atoms with Crippen LogP contribution in [-0.4, -0.2) is 17.4 Å². The average Bonchev–Trinajstić information content (AvgIpc) is 2.97. The number of nitriles is 1. The Balaban J connectivity index is 2.05. The number of carbonyl (C=O) groups is 1. The molecule has 6 heteroatoms. The average molecular weight is 353 g/mol. The Morgan fingerprint density at radius 3 is 2.65 bits per heavy atom. The molecule has 1 heterocycles. The van der Waals surface area contributed by atoms with Crippen LogP contribution in [-0.2, 0) is 11.2 Å². The minimum Gasteiger partial charge on any atom is -0.352 e. The highest BCUT2D eigenvalue weighted by Crippen LogP contribution is 2.33. The van der Waals surface area contributed by atoms with Gasteiger partial charge in [0.25, 0.3) is 0 Å². The number of hydrogen-bond donors (Lipinski definition) is 2. The summed E-state index contributed by atoms with van der Waals surface area (Å²) in [6.45, 7) is 1.75. The molecule has 3 rings (SSSR count). The van der Waals surface area contributed by atoms with Gasteiger partial charge in [-0.25, -0.2) is 8.78 Å². The van der Waals surface area contributed by atoms with Gasteiger partial charge >= 0.3 is 0 Å². The summed E-state index contributed by atoms with van der Waals surface area (Å²) in [5.74, 6) is -0.980. The molecular formula is C20H17F2N3O. The van der Waals surface area contributed by atoms with Gasteiger partial charge in [0.05, 0.1) is 11.6 Å². The van der Waals surface area contributed by atoms with Crippen molar-refractivity contribution in [3.8, 4) is 17.3 Å². The summed E-state index contributed by atoms with van der Waals surface area (Å²) >= 11 is 0. The summed E-state index contributed by atoms with van der Waals surface area (Å²) in [5, 5.41) is 11.7. The maximum Gasteiger partial charge on any atom is 0.221 e. The molecule has 0 saturated heterocycles. The Bertz CT molecular complexity index is 1000. The minimum atomic E-state index is -0.372. The number of rotatable bonds is 5. The molecule has 26 heavy (non-hydrogen) atoms. The smallest absolute Gasteiger partial charge is 0.221 e. The van der Waals surface area contributed by atoms with Gasteiger partial charge in [0, 0.05) is 17.5 Å². The van der Waals surface area contributed by atoms with E-state index < -0.39 is 0 Å². The molecule has 0 spiro atoms. The maximum absolute atomic E-state index is 14.4. The minimum absolute atomic E-state index is 0.0503. The number of carbonyl (C=O) groups excluding carboxylic acids is 1. The number of amides is 1. The van der Waals surface area contributed by atoms with E-state index in [0.29, 0.717) is 28.6 Å². The molecule has 3 aromatic rings. The Kier molecular flexibility index (Phi) is 4.99. The molecule has 1 aromatic heterocycles. The van der Waals surface area contributed by atoms with E-state index in [2.05, 4.69) is 10.3 Å². The fourth-order valence-electron chi connectivity index (χ4n) is 3.03. The molecule has 2 aromatic carbocycles. The van der Waals surface area contributed by atoms with Crippen LogP contribution in [0.15, 0.2) is 36.4 Å². The van der Waals surface area contributed by atoms with Crippen LogP contribution in [0.4, 0.5) is 8.78 Å².